The van der Waals surface area contributed by atoms with Crippen molar-refractivity contribution in [3.8, 4) is 5.69 Å². The average molecular weight is 430 g/mol. The topological polar surface area (TPSA) is 69.2 Å². The van der Waals surface area contributed by atoms with Gasteiger partial charge in [-0.15, -0.1) is 0 Å². The number of carbonyl (C=O) groups is 1. The van der Waals surface area contributed by atoms with Crippen molar-refractivity contribution in [3.05, 3.63) is 88.0 Å². The van der Waals surface area contributed by atoms with Crippen molar-refractivity contribution in [3.63, 3.8) is 0 Å². The molecule has 0 atom stereocenters. The first-order valence-corrected chi connectivity index (χ1v) is 10.8. The van der Waals surface area contributed by atoms with Crippen molar-refractivity contribution in [2.24, 2.45) is 7.05 Å². The third-order valence-corrected chi connectivity index (χ3v) is 5.67. The van der Waals surface area contributed by atoms with E-state index in [1.54, 1.807) is 22.5 Å². The van der Waals surface area contributed by atoms with E-state index in [1.807, 2.05) is 61.5 Å². The van der Waals surface area contributed by atoms with Crippen LogP contribution in [0.4, 0.5) is 5.69 Å². The smallest absolute Gasteiger partial charge is 0.295 e. The molecule has 0 radical (unpaired) electrons. The van der Waals surface area contributed by atoms with Crippen molar-refractivity contribution in [2.75, 3.05) is 5.32 Å². The zero-order valence-corrected chi connectivity index (χ0v) is 18.6. The summed E-state index contributed by atoms with van der Waals surface area (Å²) < 4.78 is 9.30. The molecule has 164 valence electrons. The summed E-state index contributed by atoms with van der Waals surface area (Å²) >= 11 is 0. The number of rotatable bonds is 7. The van der Waals surface area contributed by atoms with Crippen LogP contribution in [0.2, 0.25) is 0 Å². The summed E-state index contributed by atoms with van der Waals surface area (Å²) in [4.78, 5) is 25.8. The van der Waals surface area contributed by atoms with E-state index in [1.165, 1.54) is 6.08 Å². The highest BCUT2D eigenvalue weighted by atomic mass is 16.3. The van der Waals surface area contributed by atoms with E-state index in [-0.39, 0.29) is 17.2 Å². The largest absolute Gasteiger partial charge is 0.460 e. The second-order valence-corrected chi connectivity index (χ2v) is 7.80. The fourth-order valence-corrected chi connectivity index (χ4v) is 3.86. The van der Waals surface area contributed by atoms with Crippen molar-refractivity contribution < 1.29 is 9.21 Å². The second kappa shape index (κ2) is 9.14. The van der Waals surface area contributed by atoms with Crippen LogP contribution in [-0.4, -0.2) is 15.3 Å². The number of nitrogens with zero attached hydrogens (tertiary/aromatic N) is 2. The van der Waals surface area contributed by atoms with Crippen LogP contribution in [0.15, 0.2) is 69.9 Å². The fraction of sp³-hybridized carbons (Fsp3) is 0.231. The Labute approximate surface area is 186 Å². The van der Waals surface area contributed by atoms with E-state index in [0.29, 0.717) is 5.69 Å². The Kier molecular flexibility index (Phi) is 6.12. The molecule has 6 heteroatoms. The van der Waals surface area contributed by atoms with Crippen LogP contribution in [-0.2, 0) is 18.3 Å². The Hall–Kier alpha value is -3.80. The van der Waals surface area contributed by atoms with E-state index in [0.717, 1.165) is 47.2 Å². The van der Waals surface area contributed by atoms with Crippen LogP contribution >= 0.6 is 0 Å². The molecule has 6 nitrogen and oxygen atoms in total. The molecule has 1 amide bonds. The minimum atomic E-state index is -0.359. The molecule has 32 heavy (non-hydrogen) atoms. The Morgan fingerprint density at radius 1 is 1.09 bits per heavy atom. The maximum Gasteiger partial charge on any atom is 0.295 e. The van der Waals surface area contributed by atoms with Gasteiger partial charge in [-0.25, -0.2) is 4.68 Å². The number of benzene rings is 2. The Bertz CT molecular complexity index is 1340. The van der Waals surface area contributed by atoms with Crippen LogP contribution in [0, 0.1) is 6.92 Å². The standard InChI is InChI=1S/C26H27N3O3/c1-4-5-14-22-21(20-13-9-10-15-23(20)32-22)16-17-24(30)27-25-18(2)28(3)29(26(25)31)19-11-7-6-8-12-19/h6-13,15-17H,4-5,14H2,1-3H3,(H,27,30)/b17-16+. The molecular weight excluding hydrogens is 402 g/mol. The highest BCUT2D eigenvalue weighted by Gasteiger charge is 2.17. The zero-order valence-electron chi connectivity index (χ0n) is 18.6. The molecule has 0 aliphatic rings. The van der Waals surface area contributed by atoms with Crippen LogP contribution in [0.3, 0.4) is 0 Å². The van der Waals surface area contributed by atoms with Gasteiger partial charge in [-0.05, 0) is 37.6 Å². The highest BCUT2D eigenvalue weighted by Crippen LogP contribution is 2.28. The van der Waals surface area contributed by atoms with Gasteiger partial charge in [0.05, 0.1) is 11.4 Å². The number of unbranched alkanes of at least 4 members (excludes halogenated alkanes) is 1. The maximum atomic E-state index is 13.0. The van der Waals surface area contributed by atoms with Gasteiger partial charge >= 0.3 is 0 Å². The van der Waals surface area contributed by atoms with Gasteiger partial charge in [0.1, 0.15) is 17.0 Å². The lowest BCUT2D eigenvalue weighted by Gasteiger charge is -2.07. The zero-order chi connectivity index (χ0) is 22.7. The van der Waals surface area contributed by atoms with Crippen LogP contribution in [0.25, 0.3) is 22.7 Å². The molecule has 0 spiro atoms. The quantitative estimate of drug-likeness (QED) is 0.409. The van der Waals surface area contributed by atoms with Gasteiger partial charge < -0.3 is 9.73 Å². The fourth-order valence-electron chi connectivity index (χ4n) is 3.86. The molecule has 0 aliphatic carbocycles. The summed E-state index contributed by atoms with van der Waals surface area (Å²) in [6.45, 7) is 3.95. The van der Waals surface area contributed by atoms with Gasteiger partial charge in [0.25, 0.3) is 5.56 Å². The first kappa shape index (κ1) is 21.4. The molecule has 2 aromatic heterocycles. The second-order valence-electron chi connectivity index (χ2n) is 7.80. The number of para-hydroxylation sites is 2. The highest BCUT2D eigenvalue weighted by molar-refractivity contribution is 6.03. The molecular formula is C26H27N3O3. The molecule has 4 aromatic rings. The van der Waals surface area contributed by atoms with E-state index in [2.05, 4.69) is 12.2 Å². The third kappa shape index (κ3) is 4.04. The summed E-state index contributed by atoms with van der Waals surface area (Å²) in [5.41, 5.74) is 3.14. The molecule has 0 saturated carbocycles. The number of anilines is 1. The Morgan fingerprint density at radius 3 is 2.56 bits per heavy atom. The van der Waals surface area contributed by atoms with E-state index < -0.39 is 0 Å². The van der Waals surface area contributed by atoms with E-state index >= 15 is 0 Å². The predicted octanol–water partition coefficient (Wildman–Crippen LogP) is 5.23. The summed E-state index contributed by atoms with van der Waals surface area (Å²) in [5, 5.41) is 3.75. The van der Waals surface area contributed by atoms with Gasteiger partial charge in [0, 0.05) is 30.5 Å². The minimum absolute atomic E-state index is 0.268. The van der Waals surface area contributed by atoms with Crippen molar-refractivity contribution in [1.82, 2.24) is 9.36 Å². The number of carbonyl (C=O) groups excluding carboxylic acids is 1. The molecule has 0 saturated heterocycles. The summed E-state index contributed by atoms with van der Waals surface area (Å²) in [6.07, 6.45) is 6.12. The first-order valence-electron chi connectivity index (χ1n) is 10.8. The van der Waals surface area contributed by atoms with Crippen LogP contribution in [0.1, 0.15) is 36.8 Å². The molecule has 2 heterocycles. The monoisotopic (exact) mass is 429 g/mol. The van der Waals surface area contributed by atoms with Gasteiger partial charge in [-0.1, -0.05) is 49.7 Å². The normalized spacial score (nSPS) is 11.5. The lowest BCUT2D eigenvalue weighted by molar-refractivity contribution is -0.111. The number of amides is 1. The molecule has 0 bridgehead atoms. The minimum Gasteiger partial charge on any atom is -0.460 e. The van der Waals surface area contributed by atoms with E-state index in [9.17, 15) is 9.59 Å². The molecule has 0 fully saturated rings. The summed E-state index contributed by atoms with van der Waals surface area (Å²) in [6, 6.07) is 17.2. The van der Waals surface area contributed by atoms with Crippen LogP contribution in [0.5, 0.6) is 0 Å². The van der Waals surface area contributed by atoms with Crippen molar-refractivity contribution in [2.45, 2.75) is 33.1 Å². The van der Waals surface area contributed by atoms with Crippen molar-refractivity contribution >= 4 is 28.6 Å². The Balaban J connectivity index is 1.62. The van der Waals surface area contributed by atoms with Gasteiger partial charge in [0.2, 0.25) is 5.91 Å². The third-order valence-electron chi connectivity index (χ3n) is 5.67. The number of furan rings is 1. The molecule has 4 rings (SSSR count). The van der Waals surface area contributed by atoms with Gasteiger partial charge in [-0.3, -0.25) is 14.3 Å². The molecule has 1 N–H and O–H groups in total. The molecule has 0 unspecified atom stereocenters. The lowest BCUT2D eigenvalue weighted by atomic mass is 10.1. The molecule has 2 aromatic carbocycles. The predicted molar refractivity (Wildman–Crippen MR) is 128 cm³/mol. The number of nitrogens with one attached hydrogen (secondary N) is 1. The number of aryl methyl sites for hydroxylation is 1. The van der Waals surface area contributed by atoms with Crippen LogP contribution < -0.4 is 10.9 Å². The van der Waals surface area contributed by atoms with E-state index in [4.69, 9.17) is 4.42 Å². The van der Waals surface area contributed by atoms with Gasteiger partial charge in [-0.2, -0.15) is 0 Å². The van der Waals surface area contributed by atoms with Gasteiger partial charge in [0.15, 0.2) is 0 Å². The number of fused-ring (bicyclic) bond motifs is 1. The lowest BCUT2D eigenvalue weighted by Crippen LogP contribution is -2.22. The Morgan fingerprint density at radius 2 is 1.81 bits per heavy atom. The summed E-state index contributed by atoms with van der Waals surface area (Å²) in [5.74, 6) is 0.516. The SMILES string of the molecule is CCCCc1oc2ccccc2c1/C=C/C(=O)Nc1c(C)n(C)n(-c2ccccc2)c1=O. The average Bonchev–Trinajstić information content (AvgIpc) is 3.26. The van der Waals surface area contributed by atoms with Crippen molar-refractivity contribution in [1.29, 1.82) is 0 Å². The number of hydrogen-bond acceptors (Lipinski definition) is 3. The summed E-state index contributed by atoms with van der Waals surface area (Å²) in [7, 11) is 1.80. The first-order chi connectivity index (χ1) is 15.5. The number of hydrogen-bond donors (Lipinski definition) is 1. The number of aromatic nitrogens is 2. The maximum absolute atomic E-state index is 13.0. The molecule has 0 aliphatic heterocycles.